The summed E-state index contributed by atoms with van der Waals surface area (Å²) in [4.78, 5) is 20.1. The lowest BCUT2D eigenvalue weighted by Crippen LogP contribution is -2.17. The van der Waals surface area contributed by atoms with E-state index in [1.807, 2.05) is 32.0 Å². The van der Waals surface area contributed by atoms with Crippen LogP contribution in [-0.4, -0.2) is 34.4 Å². The van der Waals surface area contributed by atoms with Crippen molar-refractivity contribution >= 4 is 47.8 Å². The lowest BCUT2D eigenvalue weighted by molar-refractivity contribution is -0.139. The molecule has 1 aromatic heterocycles. The Kier molecular flexibility index (Phi) is 10.0. The lowest BCUT2D eigenvalue weighted by Gasteiger charge is -2.18. The number of anilines is 1. The molecule has 1 aliphatic heterocycles. The summed E-state index contributed by atoms with van der Waals surface area (Å²) in [6.07, 6.45) is 3.85. The topological polar surface area (TPSA) is 75.0 Å². The molecule has 23 heavy (non-hydrogen) atoms. The Bertz CT molecular complexity index is 502. The summed E-state index contributed by atoms with van der Waals surface area (Å²) in [5.41, 5.74) is 0.945. The normalized spacial score (nSPS) is 16.0. The van der Waals surface area contributed by atoms with Crippen LogP contribution in [0.5, 0.6) is 0 Å². The van der Waals surface area contributed by atoms with Gasteiger partial charge in [0.15, 0.2) is 0 Å². The van der Waals surface area contributed by atoms with Crippen molar-refractivity contribution in [2.45, 2.75) is 45.6 Å². The molecule has 0 fully saturated rings. The number of aromatic nitrogens is 1. The molecule has 8 heteroatoms. The van der Waals surface area contributed by atoms with Crippen LogP contribution in [0.4, 0.5) is 5.82 Å². The van der Waals surface area contributed by atoms with Gasteiger partial charge in [-0.1, -0.05) is 25.1 Å². The van der Waals surface area contributed by atoms with Crippen molar-refractivity contribution in [3.63, 3.8) is 0 Å². The van der Waals surface area contributed by atoms with Gasteiger partial charge in [-0.3, -0.25) is 9.10 Å². The zero-order chi connectivity index (χ0) is 17.1. The van der Waals surface area contributed by atoms with E-state index in [-0.39, 0.29) is 12.5 Å². The van der Waals surface area contributed by atoms with Crippen molar-refractivity contribution in [2.24, 2.45) is 5.16 Å². The van der Waals surface area contributed by atoms with Gasteiger partial charge in [-0.2, -0.15) is 0 Å². The minimum Gasteiger partial charge on any atom is -0.481 e. The van der Waals surface area contributed by atoms with Crippen LogP contribution >= 0.6 is 30.3 Å². The highest BCUT2D eigenvalue weighted by Crippen LogP contribution is 2.26. The molecule has 0 saturated heterocycles. The predicted molar refractivity (Wildman–Crippen MR) is 103 cm³/mol. The minimum absolute atomic E-state index is 0.0106. The maximum absolute atomic E-state index is 10.6. The fourth-order valence-electron chi connectivity index (χ4n) is 2.05. The number of oxime groups is 1. The average Bonchev–Trinajstić information content (AvgIpc) is 3.01. The number of rotatable bonds is 8. The van der Waals surface area contributed by atoms with Crippen molar-refractivity contribution in [2.75, 3.05) is 10.8 Å². The molecule has 1 unspecified atom stereocenters. The molecule has 2 heterocycles. The number of carboxylic acids is 1. The maximum atomic E-state index is 10.6. The van der Waals surface area contributed by atoms with Crippen LogP contribution in [0.2, 0.25) is 0 Å². The van der Waals surface area contributed by atoms with Gasteiger partial charge in [0.2, 0.25) is 0 Å². The highest BCUT2D eigenvalue weighted by molar-refractivity contribution is 14.2. The average molecular weight is 451 g/mol. The lowest BCUT2D eigenvalue weighted by atomic mass is 10.1. The van der Waals surface area contributed by atoms with Crippen LogP contribution in [0.1, 0.15) is 39.5 Å². The van der Waals surface area contributed by atoms with Crippen molar-refractivity contribution < 1.29 is 14.7 Å². The van der Waals surface area contributed by atoms with Crippen LogP contribution in [0.3, 0.4) is 0 Å². The zero-order valence-corrected chi connectivity index (χ0v) is 16.3. The maximum Gasteiger partial charge on any atom is 0.307 e. The fourth-order valence-corrected chi connectivity index (χ4v) is 3.62. The molecule has 0 aromatic carbocycles. The first-order chi connectivity index (χ1) is 11.2. The molecule has 0 aliphatic carbocycles. The van der Waals surface area contributed by atoms with Crippen LogP contribution in [-0.2, 0) is 9.63 Å². The largest absolute Gasteiger partial charge is 0.481 e. The number of halogens is 1. The van der Waals surface area contributed by atoms with E-state index in [0.29, 0.717) is 6.42 Å². The van der Waals surface area contributed by atoms with Gasteiger partial charge in [0.05, 0.1) is 12.1 Å². The van der Waals surface area contributed by atoms with Crippen LogP contribution in [0, 0.1) is 0 Å². The Morgan fingerprint density at radius 1 is 1.52 bits per heavy atom. The molecule has 1 aliphatic rings. The second-order valence-corrected chi connectivity index (χ2v) is 6.41. The van der Waals surface area contributed by atoms with Gasteiger partial charge in [-0.05, 0) is 25.0 Å². The number of carbonyl (C=O) groups is 1. The predicted octanol–water partition coefficient (Wildman–Crippen LogP) is 4.31. The van der Waals surface area contributed by atoms with Crippen LogP contribution in [0.25, 0.3) is 0 Å². The molecule has 0 amide bonds. The third-order valence-corrected chi connectivity index (χ3v) is 4.97. The SMILES string of the molecule is CC.O=C(O)CC1CC(CCCN(SI)c2ccccn2)=NO1. The van der Waals surface area contributed by atoms with Gasteiger partial charge in [0.25, 0.3) is 0 Å². The van der Waals surface area contributed by atoms with Gasteiger partial charge in [0.1, 0.15) is 11.9 Å². The Balaban J connectivity index is 0.00000127. The second-order valence-electron chi connectivity index (χ2n) is 4.65. The van der Waals surface area contributed by atoms with Crippen molar-refractivity contribution in [3.05, 3.63) is 24.4 Å². The quantitative estimate of drug-likeness (QED) is 0.469. The van der Waals surface area contributed by atoms with E-state index in [9.17, 15) is 4.79 Å². The molecule has 6 nitrogen and oxygen atoms in total. The monoisotopic (exact) mass is 451 g/mol. The number of nitrogens with zero attached hydrogens (tertiary/aromatic N) is 3. The summed E-state index contributed by atoms with van der Waals surface area (Å²) in [7, 11) is 1.61. The summed E-state index contributed by atoms with van der Waals surface area (Å²) in [5, 5.41) is 12.7. The first-order valence-electron chi connectivity index (χ1n) is 7.59. The van der Waals surface area contributed by atoms with Gasteiger partial charge in [-0.15, -0.1) is 0 Å². The number of aliphatic carboxylic acids is 1. The van der Waals surface area contributed by atoms with E-state index < -0.39 is 5.97 Å². The number of hydrogen-bond donors (Lipinski definition) is 1. The molecule has 0 spiro atoms. The van der Waals surface area contributed by atoms with Crippen LogP contribution in [0.15, 0.2) is 29.6 Å². The van der Waals surface area contributed by atoms with Gasteiger partial charge in [-0.25, -0.2) is 4.98 Å². The fraction of sp³-hybridized carbons (Fsp3) is 0.533. The third-order valence-electron chi connectivity index (χ3n) is 3.01. The second kappa shape index (κ2) is 11.5. The Morgan fingerprint density at radius 2 is 2.30 bits per heavy atom. The molecular weight excluding hydrogens is 429 g/mol. The minimum atomic E-state index is -0.848. The van der Waals surface area contributed by atoms with E-state index in [2.05, 4.69) is 35.7 Å². The van der Waals surface area contributed by atoms with Gasteiger partial charge < -0.3 is 9.94 Å². The molecule has 1 aromatic rings. The van der Waals surface area contributed by atoms with Crippen LogP contribution < -0.4 is 4.31 Å². The smallest absolute Gasteiger partial charge is 0.307 e. The summed E-state index contributed by atoms with van der Waals surface area (Å²) in [5.74, 6) is 0.0874. The summed E-state index contributed by atoms with van der Waals surface area (Å²) >= 11 is 2.24. The first kappa shape index (κ1) is 20.0. The molecule has 0 saturated carbocycles. The Labute approximate surface area is 153 Å². The molecule has 2 rings (SSSR count). The third kappa shape index (κ3) is 7.38. The first-order valence-corrected chi connectivity index (χ1v) is 10.9. The van der Waals surface area contributed by atoms with E-state index in [4.69, 9.17) is 9.94 Å². The highest BCUT2D eigenvalue weighted by Gasteiger charge is 2.23. The Hall–Kier alpha value is -1.03. The summed E-state index contributed by atoms with van der Waals surface area (Å²) < 4.78 is 2.12. The summed E-state index contributed by atoms with van der Waals surface area (Å²) in [6.45, 7) is 4.85. The molecule has 0 bridgehead atoms. The summed E-state index contributed by atoms with van der Waals surface area (Å²) in [6, 6.07) is 5.84. The van der Waals surface area contributed by atoms with E-state index in [1.165, 1.54) is 0 Å². The van der Waals surface area contributed by atoms with E-state index >= 15 is 0 Å². The molecule has 0 radical (unpaired) electrons. The standard InChI is InChI=1S/C13H16IN3O3S.C2H6/c14-21-17(12-5-1-2-6-15-12)7-3-4-10-8-11(20-16-10)9-13(18)19;1-2/h1-2,5-6,11H,3-4,7-9H2,(H,18,19);1-2H3. The number of carboxylic acid groups (broad SMARTS) is 1. The molecule has 1 N–H and O–H groups in total. The van der Waals surface area contributed by atoms with E-state index in [0.717, 1.165) is 30.9 Å². The van der Waals surface area contributed by atoms with Crippen molar-refractivity contribution in [1.82, 2.24) is 4.98 Å². The Morgan fingerprint density at radius 3 is 2.91 bits per heavy atom. The van der Waals surface area contributed by atoms with Crippen molar-refractivity contribution in [3.8, 4) is 0 Å². The molecule has 128 valence electrons. The molecule has 1 atom stereocenters. The number of pyridine rings is 1. The van der Waals surface area contributed by atoms with Crippen molar-refractivity contribution in [1.29, 1.82) is 0 Å². The van der Waals surface area contributed by atoms with E-state index in [1.54, 1.807) is 15.3 Å². The molecular formula is C15H22IN3O3S. The van der Waals surface area contributed by atoms with Gasteiger partial charge in [0, 0.05) is 49.5 Å². The zero-order valence-electron chi connectivity index (χ0n) is 13.3. The number of hydrogen-bond acceptors (Lipinski definition) is 6. The van der Waals surface area contributed by atoms with Gasteiger partial charge >= 0.3 is 5.97 Å². The highest BCUT2D eigenvalue weighted by atomic mass is 127.